The summed E-state index contributed by atoms with van der Waals surface area (Å²) < 4.78 is 0. The van der Waals surface area contributed by atoms with Crippen molar-refractivity contribution in [2.45, 2.75) is 66.7 Å². The quantitative estimate of drug-likeness (QED) is 0.532. The molecule has 0 fully saturated rings. The first-order valence-corrected chi connectivity index (χ1v) is 9.87. The molecule has 0 radical (unpaired) electrons. The van der Waals surface area contributed by atoms with Crippen LogP contribution in [0.4, 0.5) is 0 Å². The minimum atomic E-state index is -0.289. The van der Waals surface area contributed by atoms with Gasteiger partial charge in [0.05, 0.1) is 9.52 Å². The zero-order valence-electron chi connectivity index (χ0n) is 14.5. The molecule has 0 spiro atoms. The van der Waals surface area contributed by atoms with Gasteiger partial charge in [0.2, 0.25) is 0 Å². The van der Waals surface area contributed by atoms with Crippen LogP contribution in [0.15, 0.2) is 34.6 Å². The van der Waals surface area contributed by atoms with Gasteiger partial charge in [0.1, 0.15) is 0 Å². The Morgan fingerprint density at radius 3 is 2.29 bits per heavy atom. The standard InChI is InChI=1S/C20H30Si/c1-6-7-8-9-18-12-15(3)19(13-18)21-20-16(4)10-14(2)11-17(20)5/h10-12H,6-9,13,21H2,1-5H3. The van der Waals surface area contributed by atoms with Crippen molar-refractivity contribution in [3.63, 3.8) is 0 Å². The van der Waals surface area contributed by atoms with Crippen LogP contribution in [0.25, 0.3) is 0 Å². The molecule has 0 saturated heterocycles. The zero-order valence-corrected chi connectivity index (χ0v) is 15.9. The van der Waals surface area contributed by atoms with E-state index in [1.165, 1.54) is 48.8 Å². The summed E-state index contributed by atoms with van der Waals surface area (Å²) in [7, 11) is -0.289. The molecule has 1 aromatic rings. The van der Waals surface area contributed by atoms with Crippen molar-refractivity contribution in [2.75, 3.05) is 0 Å². The van der Waals surface area contributed by atoms with Crippen LogP contribution in [0.1, 0.15) is 62.6 Å². The van der Waals surface area contributed by atoms with Crippen LogP contribution in [0.2, 0.25) is 0 Å². The van der Waals surface area contributed by atoms with E-state index in [0.29, 0.717) is 0 Å². The second-order valence-corrected chi connectivity index (χ2v) is 8.69. The van der Waals surface area contributed by atoms with Crippen LogP contribution in [0.3, 0.4) is 0 Å². The number of benzene rings is 1. The van der Waals surface area contributed by atoms with Crippen LogP contribution in [0.5, 0.6) is 0 Å². The maximum atomic E-state index is 2.48. The van der Waals surface area contributed by atoms with Crippen molar-refractivity contribution in [1.29, 1.82) is 0 Å². The van der Waals surface area contributed by atoms with E-state index in [0.717, 1.165) is 0 Å². The maximum absolute atomic E-state index is 2.48. The van der Waals surface area contributed by atoms with Gasteiger partial charge in [-0.25, -0.2) is 0 Å². The second-order valence-electron chi connectivity index (χ2n) is 6.78. The molecule has 0 bridgehead atoms. The van der Waals surface area contributed by atoms with Gasteiger partial charge in [0.15, 0.2) is 0 Å². The van der Waals surface area contributed by atoms with Gasteiger partial charge in [-0.1, -0.05) is 76.2 Å². The summed E-state index contributed by atoms with van der Waals surface area (Å²) in [5, 5.41) is 3.45. The molecule has 0 aliphatic heterocycles. The lowest BCUT2D eigenvalue weighted by atomic mass is 10.1. The molecule has 2 rings (SSSR count). The molecule has 0 saturated carbocycles. The molecule has 0 nitrogen and oxygen atoms in total. The van der Waals surface area contributed by atoms with E-state index in [4.69, 9.17) is 0 Å². The first-order valence-electron chi connectivity index (χ1n) is 8.46. The lowest BCUT2D eigenvalue weighted by molar-refractivity contribution is 0.708. The van der Waals surface area contributed by atoms with Crippen LogP contribution >= 0.6 is 0 Å². The number of unbranched alkanes of at least 4 members (excludes halogenated alkanes) is 2. The number of rotatable bonds is 6. The molecule has 1 heteroatoms. The van der Waals surface area contributed by atoms with E-state index in [2.05, 4.69) is 52.8 Å². The fourth-order valence-electron chi connectivity index (χ4n) is 3.54. The number of hydrogen-bond acceptors (Lipinski definition) is 0. The summed E-state index contributed by atoms with van der Waals surface area (Å²) in [5.41, 5.74) is 7.69. The van der Waals surface area contributed by atoms with E-state index in [1.807, 2.05) is 0 Å². The molecule has 0 aromatic heterocycles. The summed E-state index contributed by atoms with van der Waals surface area (Å²) in [4.78, 5) is 0. The highest BCUT2D eigenvalue weighted by atomic mass is 28.2. The lowest BCUT2D eigenvalue weighted by Crippen LogP contribution is -2.23. The predicted octanol–water partition coefficient (Wildman–Crippen LogP) is 4.59. The Labute approximate surface area is 133 Å². The molecule has 114 valence electrons. The molecule has 1 aliphatic carbocycles. The highest BCUT2D eigenvalue weighted by molar-refractivity contribution is 6.62. The minimum Gasteiger partial charge on any atom is -0.0758 e. The Morgan fingerprint density at radius 2 is 1.67 bits per heavy atom. The summed E-state index contributed by atoms with van der Waals surface area (Å²) >= 11 is 0. The van der Waals surface area contributed by atoms with Gasteiger partial charge >= 0.3 is 0 Å². The largest absolute Gasteiger partial charge is 0.0838 e. The Morgan fingerprint density at radius 1 is 1.00 bits per heavy atom. The van der Waals surface area contributed by atoms with E-state index in [1.54, 1.807) is 21.5 Å². The summed E-state index contributed by atoms with van der Waals surface area (Å²) in [6.07, 6.45) is 9.13. The summed E-state index contributed by atoms with van der Waals surface area (Å²) in [5.74, 6) is 0. The first kappa shape index (κ1) is 16.3. The molecule has 1 aromatic carbocycles. The van der Waals surface area contributed by atoms with Crippen LogP contribution < -0.4 is 5.19 Å². The minimum absolute atomic E-state index is 0.289. The van der Waals surface area contributed by atoms with Gasteiger partial charge in [-0.3, -0.25) is 0 Å². The highest BCUT2D eigenvalue weighted by Crippen LogP contribution is 2.28. The van der Waals surface area contributed by atoms with Crippen LogP contribution in [-0.4, -0.2) is 9.52 Å². The molecule has 0 amide bonds. The van der Waals surface area contributed by atoms with Gasteiger partial charge in [0.25, 0.3) is 0 Å². The van der Waals surface area contributed by atoms with Crippen LogP contribution in [0, 0.1) is 20.8 Å². The Hall–Kier alpha value is -1.08. The number of aryl methyl sites for hydroxylation is 3. The average molecular weight is 299 g/mol. The van der Waals surface area contributed by atoms with Crippen molar-refractivity contribution in [3.05, 3.63) is 51.2 Å². The van der Waals surface area contributed by atoms with E-state index < -0.39 is 0 Å². The smallest absolute Gasteiger partial charge is 0.0758 e. The third kappa shape index (κ3) is 4.20. The van der Waals surface area contributed by atoms with Crippen LogP contribution in [-0.2, 0) is 0 Å². The van der Waals surface area contributed by atoms with Crippen molar-refractivity contribution in [3.8, 4) is 0 Å². The zero-order chi connectivity index (χ0) is 15.4. The summed E-state index contributed by atoms with van der Waals surface area (Å²) in [6, 6.07) is 4.71. The average Bonchev–Trinajstić information content (AvgIpc) is 2.74. The Balaban J connectivity index is 2.04. The predicted molar refractivity (Wildman–Crippen MR) is 98.4 cm³/mol. The van der Waals surface area contributed by atoms with E-state index in [-0.39, 0.29) is 9.52 Å². The Kier molecular flexibility index (Phi) is 5.63. The molecule has 21 heavy (non-hydrogen) atoms. The van der Waals surface area contributed by atoms with Crippen molar-refractivity contribution >= 4 is 14.7 Å². The molecular formula is C20H30Si. The van der Waals surface area contributed by atoms with Crippen molar-refractivity contribution in [1.82, 2.24) is 0 Å². The third-order valence-electron chi connectivity index (χ3n) is 4.75. The van der Waals surface area contributed by atoms with Gasteiger partial charge in [-0.2, -0.15) is 0 Å². The lowest BCUT2D eigenvalue weighted by Gasteiger charge is -2.13. The fraction of sp³-hybridized carbons (Fsp3) is 0.500. The SMILES string of the molecule is CCCCCC1=CC(C)=C([SiH2]c2c(C)cc(C)cc2C)C1. The van der Waals surface area contributed by atoms with Crippen molar-refractivity contribution < 1.29 is 0 Å². The number of hydrogen-bond donors (Lipinski definition) is 0. The molecule has 1 aliphatic rings. The van der Waals surface area contributed by atoms with Gasteiger partial charge < -0.3 is 0 Å². The molecule has 0 unspecified atom stereocenters. The Bertz CT molecular complexity index is 552. The summed E-state index contributed by atoms with van der Waals surface area (Å²) in [6.45, 7) is 11.4. The molecule has 0 heterocycles. The number of allylic oxidation sites excluding steroid dienone is 4. The highest BCUT2D eigenvalue weighted by Gasteiger charge is 2.15. The molecule has 0 N–H and O–H groups in total. The van der Waals surface area contributed by atoms with Gasteiger partial charge in [-0.15, -0.1) is 0 Å². The monoisotopic (exact) mass is 298 g/mol. The molecular weight excluding hydrogens is 268 g/mol. The normalized spacial score (nSPS) is 15.4. The third-order valence-corrected chi connectivity index (χ3v) is 7.45. The van der Waals surface area contributed by atoms with Gasteiger partial charge in [0, 0.05) is 0 Å². The van der Waals surface area contributed by atoms with Gasteiger partial charge in [-0.05, 0) is 47.0 Å². The van der Waals surface area contributed by atoms with E-state index in [9.17, 15) is 0 Å². The first-order chi connectivity index (χ1) is 10.0. The van der Waals surface area contributed by atoms with E-state index >= 15 is 0 Å². The van der Waals surface area contributed by atoms with Crippen molar-refractivity contribution in [2.24, 2.45) is 0 Å². The fourth-order valence-corrected chi connectivity index (χ4v) is 5.56. The maximum Gasteiger partial charge on any atom is 0.0838 e. The molecule has 0 atom stereocenters. The topological polar surface area (TPSA) is 0 Å². The second kappa shape index (κ2) is 7.26.